The number of ether oxygens (including phenoxy) is 1. The molecular formula is C22H29N3O. The molecule has 1 aliphatic rings. The average Bonchev–Trinajstić information content (AvgIpc) is 2.60. The van der Waals surface area contributed by atoms with Crippen LogP contribution in [0.1, 0.15) is 35.1 Å². The summed E-state index contributed by atoms with van der Waals surface area (Å²) < 4.78 is 5.62. The highest BCUT2D eigenvalue weighted by atomic mass is 16.5. The summed E-state index contributed by atoms with van der Waals surface area (Å²) in [5.41, 5.74) is 12.3. The van der Waals surface area contributed by atoms with E-state index in [4.69, 9.17) is 15.5 Å². The van der Waals surface area contributed by atoms with Gasteiger partial charge in [-0.05, 0) is 68.0 Å². The van der Waals surface area contributed by atoms with Crippen LogP contribution in [0.3, 0.4) is 0 Å². The zero-order chi connectivity index (χ0) is 18.6. The largest absolute Gasteiger partial charge is 0.381 e. The minimum absolute atomic E-state index is 0.00157. The van der Waals surface area contributed by atoms with E-state index in [-0.39, 0.29) is 5.41 Å². The third kappa shape index (κ3) is 4.25. The van der Waals surface area contributed by atoms with E-state index in [1.165, 1.54) is 22.3 Å². The van der Waals surface area contributed by atoms with E-state index in [9.17, 15) is 0 Å². The number of hydrogen-bond donors (Lipinski definition) is 2. The van der Waals surface area contributed by atoms with Crippen molar-refractivity contribution >= 4 is 11.6 Å². The molecule has 138 valence electrons. The van der Waals surface area contributed by atoms with Crippen LogP contribution < -0.4 is 11.1 Å². The van der Waals surface area contributed by atoms with Gasteiger partial charge in [0.1, 0.15) is 0 Å². The van der Waals surface area contributed by atoms with Gasteiger partial charge in [-0.25, -0.2) is 0 Å². The lowest BCUT2D eigenvalue weighted by atomic mass is 9.72. The molecule has 0 aromatic heterocycles. The molecule has 26 heavy (non-hydrogen) atoms. The van der Waals surface area contributed by atoms with E-state index in [0.29, 0.717) is 12.5 Å². The Kier molecular flexibility index (Phi) is 5.62. The summed E-state index contributed by atoms with van der Waals surface area (Å²) in [7, 11) is 0. The molecule has 1 aliphatic heterocycles. The van der Waals surface area contributed by atoms with Crippen molar-refractivity contribution in [2.75, 3.05) is 25.1 Å². The number of nitrogens with one attached hydrogen (secondary N) is 1. The van der Waals surface area contributed by atoms with Crippen LogP contribution in [-0.2, 0) is 10.2 Å². The summed E-state index contributed by atoms with van der Waals surface area (Å²) in [6.45, 7) is 8.56. The first-order valence-electron chi connectivity index (χ1n) is 9.28. The number of rotatable bonds is 4. The first-order valence-corrected chi connectivity index (χ1v) is 9.28. The minimum atomic E-state index is -0.00157. The molecule has 0 bridgehead atoms. The second-order valence-electron chi connectivity index (χ2n) is 7.41. The van der Waals surface area contributed by atoms with Gasteiger partial charge in [-0.15, -0.1) is 0 Å². The highest BCUT2D eigenvalue weighted by molar-refractivity contribution is 5.92. The SMILES string of the molecule is Cc1cc(C)cc(NC(N)=NCC2(c3ccccc3C)CCOCC2)c1. The van der Waals surface area contributed by atoms with Crippen molar-refractivity contribution in [3.8, 4) is 0 Å². The zero-order valence-corrected chi connectivity index (χ0v) is 16.0. The predicted molar refractivity (Wildman–Crippen MR) is 109 cm³/mol. The van der Waals surface area contributed by atoms with Crippen molar-refractivity contribution in [1.82, 2.24) is 0 Å². The summed E-state index contributed by atoms with van der Waals surface area (Å²) >= 11 is 0. The van der Waals surface area contributed by atoms with E-state index in [2.05, 4.69) is 68.6 Å². The molecule has 2 aromatic rings. The van der Waals surface area contributed by atoms with E-state index in [1.54, 1.807) is 0 Å². The number of guanidine groups is 1. The van der Waals surface area contributed by atoms with Crippen LogP contribution in [0.4, 0.5) is 5.69 Å². The molecule has 1 saturated heterocycles. The fraction of sp³-hybridized carbons (Fsp3) is 0.409. The molecule has 0 unspecified atom stereocenters. The van der Waals surface area contributed by atoms with Gasteiger partial charge in [-0.2, -0.15) is 0 Å². The molecule has 0 spiro atoms. The Morgan fingerprint density at radius 1 is 1.08 bits per heavy atom. The number of hydrogen-bond acceptors (Lipinski definition) is 2. The third-order valence-electron chi connectivity index (χ3n) is 5.21. The van der Waals surface area contributed by atoms with Gasteiger partial charge in [0.2, 0.25) is 0 Å². The lowest BCUT2D eigenvalue weighted by Crippen LogP contribution is -2.38. The number of benzene rings is 2. The van der Waals surface area contributed by atoms with Crippen LogP contribution >= 0.6 is 0 Å². The van der Waals surface area contributed by atoms with Crippen molar-refractivity contribution in [3.63, 3.8) is 0 Å². The third-order valence-corrected chi connectivity index (χ3v) is 5.21. The first kappa shape index (κ1) is 18.5. The molecule has 0 radical (unpaired) electrons. The summed E-state index contributed by atoms with van der Waals surface area (Å²) in [5.74, 6) is 0.467. The van der Waals surface area contributed by atoms with E-state index < -0.39 is 0 Å². The number of nitrogens with zero attached hydrogens (tertiary/aromatic N) is 1. The Bertz CT molecular complexity index is 771. The van der Waals surface area contributed by atoms with Crippen LogP contribution in [0.15, 0.2) is 47.5 Å². The zero-order valence-electron chi connectivity index (χ0n) is 16.0. The fourth-order valence-corrected chi connectivity index (χ4v) is 3.91. The first-order chi connectivity index (χ1) is 12.5. The molecule has 2 aromatic carbocycles. The van der Waals surface area contributed by atoms with Crippen LogP contribution in [0.5, 0.6) is 0 Å². The van der Waals surface area contributed by atoms with Crippen LogP contribution in [0.25, 0.3) is 0 Å². The van der Waals surface area contributed by atoms with E-state index in [1.807, 2.05) is 0 Å². The van der Waals surface area contributed by atoms with Crippen LogP contribution in [0.2, 0.25) is 0 Å². The Morgan fingerprint density at radius 2 is 1.73 bits per heavy atom. The van der Waals surface area contributed by atoms with Gasteiger partial charge in [0.25, 0.3) is 0 Å². The summed E-state index contributed by atoms with van der Waals surface area (Å²) in [4.78, 5) is 4.72. The second-order valence-corrected chi connectivity index (χ2v) is 7.41. The van der Waals surface area contributed by atoms with Gasteiger partial charge in [-0.1, -0.05) is 30.3 Å². The van der Waals surface area contributed by atoms with Gasteiger partial charge in [0, 0.05) is 24.3 Å². The van der Waals surface area contributed by atoms with Gasteiger partial charge >= 0.3 is 0 Å². The molecule has 1 heterocycles. The number of aryl methyl sites for hydroxylation is 3. The second kappa shape index (κ2) is 7.92. The number of nitrogens with two attached hydrogens (primary N) is 1. The Hall–Kier alpha value is -2.33. The van der Waals surface area contributed by atoms with Crippen molar-refractivity contribution in [3.05, 3.63) is 64.7 Å². The fourth-order valence-electron chi connectivity index (χ4n) is 3.91. The number of anilines is 1. The molecule has 3 N–H and O–H groups in total. The molecule has 4 heteroatoms. The Labute approximate surface area is 156 Å². The standard InChI is InChI=1S/C22H29N3O/c1-16-12-17(2)14-19(13-16)25-21(23)24-15-22(8-10-26-11-9-22)20-7-5-4-6-18(20)3/h4-7,12-14H,8-11,15H2,1-3H3,(H3,23,24,25). The molecule has 0 atom stereocenters. The molecule has 0 amide bonds. The maximum Gasteiger partial charge on any atom is 0.193 e. The van der Waals surface area contributed by atoms with Crippen molar-refractivity contribution < 1.29 is 4.74 Å². The van der Waals surface area contributed by atoms with Gasteiger partial charge < -0.3 is 15.8 Å². The molecule has 0 aliphatic carbocycles. The molecule has 1 fully saturated rings. The maximum absolute atomic E-state index is 6.21. The Balaban J connectivity index is 1.81. The monoisotopic (exact) mass is 351 g/mol. The Morgan fingerprint density at radius 3 is 2.38 bits per heavy atom. The normalized spacial score (nSPS) is 17.1. The van der Waals surface area contributed by atoms with E-state index >= 15 is 0 Å². The smallest absolute Gasteiger partial charge is 0.193 e. The van der Waals surface area contributed by atoms with Gasteiger partial charge in [0.15, 0.2) is 5.96 Å². The summed E-state index contributed by atoms with van der Waals surface area (Å²) in [6.07, 6.45) is 1.94. The average molecular weight is 351 g/mol. The lowest BCUT2D eigenvalue weighted by molar-refractivity contribution is 0.0529. The molecular weight excluding hydrogens is 322 g/mol. The molecule has 4 nitrogen and oxygen atoms in total. The predicted octanol–water partition coefficient (Wildman–Crippen LogP) is 4.09. The number of aliphatic imine (C=N–C) groups is 1. The van der Waals surface area contributed by atoms with E-state index in [0.717, 1.165) is 31.7 Å². The van der Waals surface area contributed by atoms with Gasteiger partial charge in [-0.3, -0.25) is 4.99 Å². The lowest BCUT2D eigenvalue weighted by Gasteiger charge is -2.37. The highest BCUT2D eigenvalue weighted by Gasteiger charge is 2.35. The molecule has 3 rings (SSSR count). The maximum atomic E-state index is 6.21. The topological polar surface area (TPSA) is 59.6 Å². The minimum Gasteiger partial charge on any atom is -0.381 e. The summed E-state index contributed by atoms with van der Waals surface area (Å²) in [5, 5.41) is 3.24. The quantitative estimate of drug-likeness (QED) is 0.644. The van der Waals surface area contributed by atoms with Crippen LogP contribution in [0, 0.1) is 20.8 Å². The van der Waals surface area contributed by atoms with Crippen molar-refractivity contribution in [2.45, 2.75) is 39.0 Å². The highest BCUT2D eigenvalue weighted by Crippen LogP contribution is 2.37. The van der Waals surface area contributed by atoms with Gasteiger partial charge in [0.05, 0.1) is 6.54 Å². The molecule has 0 saturated carbocycles. The van der Waals surface area contributed by atoms with Crippen molar-refractivity contribution in [1.29, 1.82) is 0 Å². The van der Waals surface area contributed by atoms with Crippen molar-refractivity contribution in [2.24, 2.45) is 10.7 Å². The van der Waals surface area contributed by atoms with Crippen LogP contribution in [-0.4, -0.2) is 25.7 Å². The summed E-state index contributed by atoms with van der Waals surface area (Å²) in [6, 6.07) is 14.9.